The SMILES string of the molecule is CCN(CC)CCCNC(=O)c1cccc(/C(N)=N/O)c1. The Balaban J connectivity index is 2.49. The highest BCUT2D eigenvalue weighted by Gasteiger charge is 2.07. The molecule has 0 saturated heterocycles. The Labute approximate surface area is 125 Å². The summed E-state index contributed by atoms with van der Waals surface area (Å²) in [6.45, 7) is 7.89. The van der Waals surface area contributed by atoms with Gasteiger partial charge in [0.2, 0.25) is 0 Å². The summed E-state index contributed by atoms with van der Waals surface area (Å²) in [7, 11) is 0. The zero-order valence-corrected chi connectivity index (χ0v) is 12.7. The fourth-order valence-electron chi connectivity index (χ4n) is 2.02. The molecule has 4 N–H and O–H groups in total. The van der Waals surface area contributed by atoms with Crippen molar-refractivity contribution in [2.75, 3.05) is 26.2 Å². The molecule has 0 unspecified atom stereocenters. The number of carbonyl (C=O) groups excluding carboxylic acids is 1. The summed E-state index contributed by atoms with van der Waals surface area (Å²) in [5.74, 6) is -0.159. The normalized spacial score (nSPS) is 11.7. The van der Waals surface area contributed by atoms with Crippen molar-refractivity contribution in [2.45, 2.75) is 20.3 Å². The van der Waals surface area contributed by atoms with Gasteiger partial charge in [-0.3, -0.25) is 4.79 Å². The first-order chi connectivity index (χ1) is 10.1. The zero-order chi connectivity index (χ0) is 15.7. The predicted octanol–water partition coefficient (Wildman–Crippen LogP) is 1.24. The average Bonchev–Trinajstić information content (AvgIpc) is 2.54. The van der Waals surface area contributed by atoms with E-state index in [2.05, 4.69) is 29.2 Å². The molecule has 6 heteroatoms. The molecular formula is C15H24N4O2. The number of nitrogens with two attached hydrogens (primary N) is 1. The van der Waals surface area contributed by atoms with Crippen LogP contribution in [0, 0.1) is 0 Å². The Kier molecular flexibility index (Phi) is 7.25. The van der Waals surface area contributed by atoms with Crippen molar-refractivity contribution in [1.82, 2.24) is 10.2 Å². The lowest BCUT2D eigenvalue weighted by atomic mass is 10.1. The number of carbonyl (C=O) groups is 1. The van der Waals surface area contributed by atoms with Crippen LogP contribution in [0.1, 0.15) is 36.2 Å². The molecule has 0 radical (unpaired) electrons. The fourth-order valence-corrected chi connectivity index (χ4v) is 2.02. The maximum Gasteiger partial charge on any atom is 0.251 e. The number of rotatable bonds is 8. The molecule has 0 atom stereocenters. The molecule has 21 heavy (non-hydrogen) atoms. The van der Waals surface area contributed by atoms with Gasteiger partial charge in [0.1, 0.15) is 0 Å². The number of benzene rings is 1. The van der Waals surface area contributed by atoms with Gasteiger partial charge < -0.3 is 21.2 Å². The lowest BCUT2D eigenvalue weighted by Gasteiger charge is -2.17. The summed E-state index contributed by atoms with van der Waals surface area (Å²) in [5.41, 5.74) is 6.54. The van der Waals surface area contributed by atoms with Gasteiger partial charge in [0.05, 0.1) is 0 Å². The minimum absolute atomic E-state index is 0.00816. The van der Waals surface area contributed by atoms with Crippen molar-refractivity contribution >= 4 is 11.7 Å². The van der Waals surface area contributed by atoms with E-state index in [4.69, 9.17) is 10.9 Å². The number of nitrogens with one attached hydrogen (secondary N) is 1. The van der Waals surface area contributed by atoms with Crippen LogP contribution in [0.5, 0.6) is 0 Å². The second-order valence-electron chi connectivity index (χ2n) is 4.70. The van der Waals surface area contributed by atoms with Crippen molar-refractivity contribution in [3.8, 4) is 0 Å². The topological polar surface area (TPSA) is 91.0 Å². The fraction of sp³-hybridized carbons (Fsp3) is 0.467. The lowest BCUT2D eigenvalue weighted by Crippen LogP contribution is -2.30. The summed E-state index contributed by atoms with van der Waals surface area (Å²) in [6, 6.07) is 6.70. The van der Waals surface area contributed by atoms with Gasteiger partial charge in [-0.15, -0.1) is 0 Å². The monoisotopic (exact) mass is 292 g/mol. The second kappa shape index (κ2) is 8.97. The summed E-state index contributed by atoms with van der Waals surface area (Å²) in [4.78, 5) is 14.3. The molecule has 0 bridgehead atoms. The number of nitrogens with zero attached hydrogens (tertiary/aromatic N) is 2. The van der Waals surface area contributed by atoms with Gasteiger partial charge in [-0.1, -0.05) is 31.1 Å². The van der Waals surface area contributed by atoms with E-state index in [1.165, 1.54) is 0 Å². The molecule has 0 heterocycles. The van der Waals surface area contributed by atoms with Gasteiger partial charge in [-0.25, -0.2) is 0 Å². The highest BCUT2D eigenvalue weighted by Crippen LogP contribution is 2.05. The van der Waals surface area contributed by atoms with Crippen LogP contribution in [0.2, 0.25) is 0 Å². The summed E-state index contributed by atoms with van der Waals surface area (Å²) in [5, 5.41) is 14.5. The van der Waals surface area contributed by atoms with E-state index in [0.717, 1.165) is 26.1 Å². The van der Waals surface area contributed by atoms with Crippen molar-refractivity contribution < 1.29 is 10.0 Å². The van der Waals surface area contributed by atoms with E-state index in [0.29, 0.717) is 17.7 Å². The summed E-state index contributed by atoms with van der Waals surface area (Å²) >= 11 is 0. The highest BCUT2D eigenvalue weighted by molar-refractivity contribution is 6.01. The number of hydrogen-bond acceptors (Lipinski definition) is 4. The summed E-state index contributed by atoms with van der Waals surface area (Å²) in [6.07, 6.45) is 0.910. The van der Waals surface area contributed by atoms with Crippen LogP contribution in [0.3, 0.4) is 0 Å². The molecule has 0 fully saturated rings. The molecule has 6 nitrogen and oxygen atoms in total. The van der Waals surface area contributed by atoms with E-state index >= 15 is 0 Å². The van der Waals surface area contributed by atoms with Crippen molar-refractivity contribution in [2.24, 2.45) is 10.9 Å². The minimum Gasteiger partial charge on any atom is -0.409 e. The Hall–Kier alpha value is -2.08. The predicted molar refractivity (Wildman–Crippen MR) is 83.7 cm³/mol. The third-order valence-corrected chi connectivity index (χ3v) is 3.36. The van der Waals surface area contributed by atoms with E-state index in [-0.39, 0.29) is 11.7 Å². The number of oxime groups is 1. The van der Waals surface area contributed by atoms with E-state index in [1.54, 1.807) is 24.3 Å². The van der Waals surface area contributed by atoms with Crippen LogP contribution in [-0.4, -0.2) is 48.0 Å². The molecular weight excluding hydrogens is 268 g/mol. The molecule has 0 aliphatic heterocycles. The quantitative estimate of drug-likeness (QED) is 0.221. The first kappa shape index (κ1) is 17.0. The number of amidine groups is 1. The molecule has 0 spiro atoms. The molecule has 0 aromatic heterocycles. The van der Waals surface area contributed by atoms with Crippen LogP contribution in [0.15, 0.2) is 29.4 Å². The molecule has 116 valence electrons. The maximum atomic E-state index is 12.0. The lowest BCUT2D eigenvalue weighted by molar-refractivity contribution is 0.0952. The highest BCUT2D eigenvalue weighted by atomic mass is 16.4. The molecule has 1 aromatic rings. The molecule has 0 saturated carbocycles. The van der Waals surface area contributed by atoms with E-state index in [1.807, 2.05) is 0 Å². The third-order valence-electron chi connectivity index (χ3n) is 3.36. The molecule has 1 rings (SSSR count). The van der Waals surface area contributed by atoms with Gasteiger partial charge in [0, 0.05) is 17.7 Å². The van der Waals surface area contributed by atoms with Crippen LogP contribution < -0.4 is 11.1 Å². The van der Waals surface area contributed by atoms with Gasteiger partial charge in [0.25, 0.3) is 5.91 Å². The zero-order valence-electron chi connectivity index (χ0n) is 12.7. The van der Waals surface area contributed by atoms with Crippen molar-refractivity contribution in [1.29, 1.82) is 0 Å². The second-order valence-corrected chi connectivity index (χ2v) is 4.70. The number of amides is 1. The Morgan fingerprint density at radius 1 is 1.33 bits per heavy atom. The van der Waals surface area contributed by atoms with Gasteiger partial charge >= 0.3 is 0 Å². The van der Waals surface area contributed by atoms with Gasteiger partial charge in [0.15, 0.2) is 5.84 Å². The van der Waals surface area contributed by atoms with E-state index in [9.17, 15) is 4.79 Å². The Bertz CT molecular complexity index is 484. The number of hydrogen-bond donors (Lipinski definition) is 3. The van der Waals surface area contributed by atoms with Crippen LogP contribution >= 0.6 is 0 Å². The van der Waals surface area contributed by atoms with Crippen molar-refractivity contribution in [3.05, 3.63) is 35.4 Å². The van der Waals surface area contributed by atoms with Crippen LogP contribution in [0.4, 0.5) is 0 Å². The minimum atomic E-state index is -0.151. The first-order valence-electron chi connectivity index (χ1n) is 7.20. The summed E-state index contributed by atoms with van der Waals surface area (Å²) < 4.78 is 0. The van der Waals surface area contributed by atoms with Crippen LogP contribution in [-0.2, 0) is 0 Å². The maximum absolute atomic E-state index is 12.0. The molecule has 1 amide bonds. The van der Waals surface area contributed by atoms with Gasteiger partial charge in [-0.05, 0) is 38.2 Å². The van der Waals surface area contributed by atoms with Crippen LogP contribution in [0.25, 0.3) is 0 Å². The third kappa shape index (κ3) is 5.43. The van der Waals surface area contributed by atoms with Crippen molar-refractivity contribution in [3.63, 3.8) is 0 Å². The molecule has 0 aliphatic carbocycles. The average molecular weight is 292 g/mol. The smallest absolute Gasteiger partial charge is 0.251 e. The van der Waals surface area contributed by atoms with Gasteiger partial charge in [-0.2, -0.15) is 0 Å². The Morgan fingerprint density at radius 3 is 2.62 bits per heavy atom. The Morgan fingerprint density at radius 2 is 2.00 bits per heavy atom. The molecule has 1 aromatic carbocycles. The standard InChI is InChI=1S/C15H24N4O2/c1-3-19(4-2)10-6-9-17-15(20)13-8-5-7-12(11-13)14(16)18-21/h5,7-8,11,21H,3-4,6,9-10H2,1-2H3,(H2,16,18)(H,17,20). The molecule has 0 aliphatic rings. The first-order valence-corrected chi connectivity index (χ1v) is 7.20. The van der Waals surface area contributed by atoms with E-state index < -0.39 is 0 Å². The largest absolute Gasteiger partial charge is 0.409 e.